The molecule has 1 atom stereocenters. The van der Waals surface area contributed by atoms with Gasteiger partial charge in [0.25, 0.3) is 5.92 Å². The fourth-order valence-electron chi connectivity index (χ4n) is 4.61. The topological polar surface area (TPSA) is 137 Å². The summed E-state index contributed by atoms with van der Waals surface area (Å²) in [6.45, 7) is 1.45. The molecule has 2 aromatic carbocycles. The number of fused-ring (bicyclic) bond motifs is 1. The van der Waals surface area contributed by atoms with E-state index in [1.54, 1.807) is 47.6 Å². The summed E-state index contributed by atoms with van der Waals surface area (Å²) < 4.78 is 93.9. The van der Waals surface area contributed by atoms with Gasteiger partial charge in [0.2, 0.25) is 10.0 Å². The lowest BCUT2D eigenvalue weighted by Gasteiger charge is -2.39. The molecule has 4 aromatic rings. The van der Waals surface area contributed by atoms with Crippen molar-refractivity contribution in [1.29, 1.82) is 0 Å². The van der Waals surface area contributed by atoms with Crippen LogP contribution in [0.1, 0.15) is 24.5 Å². The van der Waals surface area contributed by atoms with Gasteiger partial charge in [0.05, 0.1) is 10.4 Å². The number of anilines is 1. The van der Waals surface area contributed by atoms with E-state index in [2.05, 4.69) is 14.7 Å². The van der Waals surface area contributed by atoms with Crippen LogP contribution in [0.4, 0.5) is 27.8 Å². The Labute approximate surface area is 261 Å². The van der Waals surface area contributed by atoms with Gasteiger partial charge in [0, 0.05) is 49.4 Å². The van der Waals surface area contributed by atoms with Gasteiger partial charge in [-0.2, -0.15) is 4.31 Å². The molecule has 0 amide bonds. The number of alkyl halides is 5. The van der Waals surface area contributed by atoms with Crippen LogP contribution >= 0.6 is 0 Å². The van der Waals surface area contributed by atoms with Crippen molar-refractivity contribution >= 4 is 32.7 Å². The molecule has 5 rings (SSSR count). The van der Waals surface area contributed by atoms with Gasteiger partial charge < -0.3 is 20.5 Å². The Morgan fingerprint density at radius 2 is 1.67 bits per heavy atom. The third kappa shape index (κ3) is 8.24. The molecule has 2 N–H and O–H groups in total. The van der Waals surface area contributed by atoms with Crippen LogP contribution in [0.15, 0.2) is 84.0 Å². The average Bonchev–Trinajstić information content (AvgIpc) is 3.04. The van der Waals surface area contributed by atoms with E-state index in [0.717, 1.165) is 39.5 Å². The normalized spacial score (nSPS) is 16.1. The van der Waals surface area contributed by atoms with Crippen LogP contribution in [-0.2, 0) is 27.3 Å². The fraction of sp³-hybridized carbons (Fsp3) is 0.300. The van der Waals surface area contributed by atoms with E-state index in [1.807, 2.05) is 0 Å². The third-order valence-corrected chi connectivity index (χ3v) is 9.03. The number of nitrogens with one attached hydrogen (secondary N) is 1. The van der Waals surface area contributed by atoms with Gasteiger partial charge in [0.15, 0.2) is 0 Å². The molecule has 246 valence electrons. The number of hydrogen-bond acceptors (Lipinski definition) is 7. The highest BCUT2D eigenvalue weighted by Crippen LogP contribution is 2.31. The zero-order valence-corrected chi connectivity index (χ0v) is 25.1. The molecule has 0 radical (unpaired) electrons. The van der Waals surface area contributed by atoms with Gasteiger partial charge >= 0.3 is 12.3 Å². The van der Waals surface area contributed by atoms with Gasteiger partial charge in [-0.15, -0.1) is 19.7 Å². The molecule has 0 aliphatic carbocycles. The Morgan fingerprint density at radius 1 is 1.00 bits per heavy atom. The van der Waals surface area contributed by atoms with Crippen molar-refractivity contribution in [1.82, 2.24) is 14.3 Å². The molecule has 1 fully saturated rings. The van der Waals surface area contributed by atoms with Crippen molar-refractivity contribution in [3.8, 4) is 5.75 Å². The zero-order chi connectivity index (χ0) is 33.7. The summed E-state index contributed by atoms with van der Waals surface area (Å²) >= 11 is 0. The Bertz CT molecular complexity index is 1760. The Balaban J connectivity index is 0.000000310. The molecule has 1 aliphatic rings. The van der Waals surface area contributed by atoms with Gasteiger partial charge in [-0.25, -0.2) is 22.2 Å². The van der Waals surface area contributed by atoms with Gasteiger partial charge in [-0.05, 0) is 42.5 Å². The van der Waals surface area contributed by atoms with Crippen molar-refractivity contribution in [2.24, 2.45) is 0 Å². The molecular weight excluding hydrogens is 637 g/mol. The smallest absolute Gasteiger partial charge is 0.573 e. The van der Waals surface area contributed by atoms with E-state index in [4.69, 9.17) is 5.73 Å². The summed E-state index contributed by atoms with van der Waals surface area (Å²) in [6, 6.07) is 13.3. The van der Waals surface area contributed by atoms with Crippen LogP contribution in [0.25, 0.3) is 16.6 Å². The molecule has 1 saturated heterocycles. The molecule has 1 aliphatic heterocycles. The number of rotatable bonds is 8. The number of sulfonamides is 1. The van der Waals surface area contributed by atoms with Crippen LogP contribution in [-0.4, -0.2) is 65.8 Å². The highest BCUT2D eigenvalue weighted by atomic mass is 32.2. The molecule has 16 heteroatoms. The number of pyridine rings is 2. The minimum absolute atomic E-state index is 0.0344. The number of carboxylic acids is 1. The van der Waals surface area contributed by atoms with Gasteiger partial charge in [-0.1, -0.05) is 36.8 Å². The second kappa shape index (κ2) is 13.9. The summed E-state index contributed by atoms with van der Waals surface area (Å²) in [7, 11) is -4.30. The minimum Gasteiger partial charge on any atom is -0.674 e. The SMILES string of the molecule is CCC(F)(F)c1ccc(C[NH-])cc1.O=C(O)[C@H]1CN(c2ccc3cnccc3n2)CCN1S(=O)(=O)c1ccc(OC(F)(F)F)cc1. The highest BCUT2D eigenvalue weighted by Gasteiger charge is 2.41. The van der Waals surface area contributed by atoms with E-state index in [1.165, 1.54) is 19.1 Å². The van der Waals surface area contributed by atoms with Crippen LogP contribution in [0, 0.1) is 0 Å². The maximum Gasteiger partial charge on any atom is 0.573 e. The van der Waals surface area contributed by atoms with Crippen molar-refractivity contribution in [2.45, 2.75) is 43.1 Å². The Morgan fingerprint density at radius 3 is 2.26 bits per heavy atom. The van der Waals surface area contributed by atoms with Crippen molar-refractivity contribution < 1.29 is 45.0 Å². The second-order valence-electron chi connectivity index (χ2n) is 10.1. The molecule has 3 heterocycles. The molecule has 10 nitrogen and oxygen atoms in total. The van der Waals surface area contributed by atoms with E-state index in [9.17, 15) is 40.3 Å². The first kappa shape index (κ1) is 34.5. The Hall–Kier alpha value is -4.41. The maximum atomic E-state index is 13.1. The highest BCUT2D eigenvalue weighted by molar-refractivity contribution is 7.89. The lowest BCUT2D eigenvalue weighted by molar-refractivity contribution is -0.274. The van der Waals surface area contributed by atoms with Crippen LogP contribution in [0.5, 0.6) is 5.75 Å². The second-order valence-corrected chi connectivity index (χ2v) is 12.0. The summed E-state index contributed by atoms with van der Waals surface area (Å²) in [5.41, 5.74) is 8.48. The zero-order valence-electron chi connectivity index (χ0n) is 24.3. The summed E-state index contributed by atoms with van der Waals surface area (Å²) in [4.78, 5) is 21.8. The van der Waals surface area contributed by atoms with Gasteiger partial charge in [-0.3, -0.25) is 9.78 Å². The quantitative estimate of drug-likeness (QED) is 0.219. The molecule has 0 unspecified atom stereocenters. The average molecular weight is 667 g/mol. The number of piperazine rings is 1. The number of nitrogens with zero attached hydrogens (tertiary/aromatic N) is 4. The molecular formula is C30H29F5N5O5S-. The van der Waals surface area contributed by atoms with E-state index in [0.29, 0.717) is 11.3 Å². The summed E-state index contributed by atoms with van der Waals surface area (Å²) in [5, 5.41) is 10.5. The Kier molecular flexibility index (Phi) is 10.4. The number of aromatic nitrogens is 2. The molecule has 46 heavy (non-hydrogen) atoms. The summed E-state index contributed by atoms with van der Waals surface area (Å²) in [5.74, 6) is -4.19. The van der Waals surface area contributed by atoms with Crippen molar-refractivity contribution in [3.63, 3.8) is 0 Å². The van der Waals surface area contributed by atoms with Crippen LogP contribution < -0.4 is 9.64 Å². The lowest BCUT2D eigenvalue weighted by Crippen LogP contribution is -2.58. The molecule has 0 saturated carbocycles. The van der Waals surface area contributed by atoms with Gasteiger partial charge in [0.1, 0.15) is 17.6 Å². The van der Waals surface area contributed by atoms with E-state index in [-0.39, 0.29) is 43.1 Å². The predicted molar refractivity (Wildman–Crippen MR) is 159 cm³/mol. The van der Waals surface area contributed by atoms with E-state index >= 15 is 0 Å². The van der Waals surface area contributed by atoms with Crippen molar-refractivity contribution in [2.75, 3.05) is 24.5 Å². The number of carbonyl (C=O) groups is 1. The van der Waals surface area contributed by atoms with Crippen molar-refractivity contribution in [3.05, 3.63) is 96.0 Å². The molecule has 2 aromatic heterocycles. The number of hydrogen-bond donors (Lipinski definition) is 1. The predicted octanol–water partition coefficient (Wildman–Crippen LogP) is 6.23. The first-order chi connectivity index (χ1) is 21.6. The fourth-order valence-corrected chi connectivity index (χ4v) is 6.18. The molecule has 0 spiro atoms. The van der Waals surface area contributed by atoms with Crippen LogP contribution in [0.3, 0.4) is 0 Å². The standard InChI is InChI=1S/C20H17F3N4O5S.C10H12F2N/c21-20(22,23)32-14-2-4-15(5-3-14)33(30,31)27-10-9-26(12-17(27)19(28)29)18-6-1-13-11-24-8-7-16(13)25-18;1-2-10(11,12)9-5-3-8(7-13)4-6-9/h1-8,11,17H,9-10,12H2,(H,28,29);3-6,13H,2,7H2,1H3/q;-1/t17-;/m1./s1. The number of ether oxygens (including phenoxy) is 1. The lowest BCUT2D eigenvalue weighted by atomic mass is 10.0. The number of carboxylic acid groups (broad SMARTS) is 1. The minimum atomic E-state index is -4.92. The van der Waals surface area contributed by atoms with E-state index < -0.39 is 40.1 Å². The first-order valence-corrected chi connectivity index (χ1v) is 15.3. The number of aliphatic carboxylic acids is 1. The number of halogens is 5. The third-order valence-electron chi connectivity index (χ3n) is 7.10. The number of benzene rings is 2. The largest absolute Gasteiger partial charge is 0.674 e. The monoisotopic (exact) mass is 666 g/mol. The summed E-state index contributed by atoms with van der Waals surface area (Å²) in [6.07, 6.45) is -1.89. The molecule has 0 bridgehead atoms. The first-order valence-electron chi connectivity index (χ1n) is 13.8. The maximum absolute atomic E-state index is 13.1. The van der Waals surface area contributed by atoms with Crippen LogP contribution in [0.2, 0.25) is 0 Å².